The lowest BCUT2D eigenvalue weighted by molar-refractivity contribution is 0.133. The summed E-state index contributed by atoms with van der Waals surface area (Å²) in [6.07, 6.45) is 1.30. The fourth-order valence-electron chi connectivity index (χ4n) is 1.02. The number of nitrogens with zero attached hydrogens (tertiary/aromatic N) is 2. The van der Waals surface area contributed by atoms with Crippen LogP contribution in [0.4, 0.5) is 10.6 Å². The average molecular weight is 227 g/mol. The summed E-state index contributed by atoms with van der Waals surface area (Å²) in [6.45, 7) is 6.68. The first-order valence-electron chi connectivity index (χ1n) is 5.42. The number of rotatable bonds is 4. The van der Waals surface area contributed by atoms with Gasteiger partial charge in [-0.25, -0.2) is 4.79 Å². The molecule has 0 aromatic carbocycles. The van der Waals surface area contributed by atoms with Crippen LogP contribution < -0.4 is 5.32 Å². The second-order valence-corrected chi connectivity index (χ2v) is 4.32. The monoisotopic (exact) mass is 227 g/mol. The third kappa shape index (κ3) is 3.92. The normalized spacial score (nSPS) is 12.6. The van der Waals surface area contributed by atoms with Gasteiger partial charge in [-0.1, -0.05) is 20.8 Å². The van der Waals surface area contributed by atoms with Crippen LogP contribution in [0.5, 0.6) is 0 Å². The molecule has 0 bridgehead atoms. The predicted octanol–water partition coefficient (Wildman–Crippen LogP) is 2.51. The number of carbonyl (C=O) groups excluding carboxylic acids is 1. The molecule has 1 N–H and O–H groups in total. The summed E-state index contributed by atoms with van der Waals surface area (Å²) in [6, 6.07) is 1.72. The van der Waals surface area contributed by atoms with Crippen molar-refractivity contribution < 1.29 is 11.0 Å². The molecule has 0 aliphatic carbocycles. The Hall–Kier alpha value is -1.52. The van der Waals surface area contributed by atoms with E-state index in [1.54, 1.807) is 24.0 Å². The van der Waals surface area contributed by atoms with Crippen LogP contribution in [-0.4, -0.2) is 22.5 Å². The number of hydrogen-bond donors (Lipinski definition) is 1. The van der Waals surface area contributed by atoms with E-state index in [-0.39, 0.29) is 1.43 Å². The molecule has 0 spiro atoms. The van der Waals surface area contributed by atoms with Gasteiger partial charge >= 0.3 is 6.09 Å². The summed E-state index contributed by atoms with van der Waals surface area (Å²) in [7, 11) is 1.79. The van der Waals surface area contributed by atoms with Gasteiger partial charge in [-0.05, 0) is 11.8 Å². The molecular formula is C11H21N3O2. The first-order valence-corrected chi connectivity index (χ1v) is 5.42. The maximum Gasteiger partial charge on any atom is 0.412 e. The minimum absolute atomic E-state index is 0. The van der Waals surface area contributed by atoms with Crippen molar-refractivity contribution in [1.82, 2.24) is 9.78 Å². The van der Waals surface area contributed by atoms with E-state index in [1.165, 1.54) is 0 Å². The highest BCUT2D eigenvalue weighted by Crippen LogP contribution is 2.10. The number of carbonyl (C=O) groups is 1. The van der Waals surface area contributed by atoms with Crippen molar-refractivity contribution in [2.24, 2.45) is 18.9 Å². The summed E-state index contributed by atoms with van der Waals surface area (Å²) in [4.78, 5) is 11.4. The quantitative estimate of drug-likeness (QED) is 0.859. The maximum atomic E-state index is 11.4. The Morgan fingerprint density at radius 3 is 2.81 bits per heavy atom. The number of amides is 1. The van der Waals surface area contributed by atoms with Crippen molar-refractivity contribution in [3.63, 3.8) is 0 Å². The molecule has 0 radical (unpaired) electrons. The third-order valence-electron chi connectivity index (χ3n) is 2.56. The van der Waals surface area contributed by atoms with Crippen LogP contribution in [0.2, 0.25) is 0 Å². The molecular weight excluding hydrogens is 206 g/mol. The zero-order valence-corrected chi connectivity index (χ0v) is 10.2. The fourth-order valence-corrected chi connectivity index (χ4v) is 1.02. The van der Waals surface area contributed by atoms with Crippen LogP contribution >= 0.6 is 0 Å². The molecule has 92 valence electrons. The van der Waals surface area contributed by atoms with Crippen LogP contribution in [-0.2, 0) is 11.8 Å². The van der Waals surface area contributed by atoms with Gasteiger partial charge in [0.25, 0.3) is 0 Å². The zero-order chi connectivity index (χ0) is 12.1. The van der Waals surface area contributed by atoms with E-state index in [9.17, 15) is 4.79 Å². The molecule has 16 heavy (non-hydrogen) atoms. The lowest BCUT2D eigenvalue weighted by Crippen LogP contribution is -2.20. The average Bonchev–Trinajstić information content (AvgIpc) is 2.60. The van der Waals surface area contributed by atoms with E-state index in [0.717, 1.165) is 0 Å². The highest BCUT2D eigenvalue weighted by atomic mass is 16.5. The number of aromatic nitrogens is 2. The van der Waals surface area contributed by atoms with Crippen LogP contribution in [0.3, 0.4) is 0 Å². The van der Waals surface area contributed by atoms with Crippen LogP contribution in [0.1, 0.15) is 22.2 Å². The van der Waals surface area contributed by atoms with Crippen LogP contribution in [0.25, 0.3) is 0 Å². The van der Waals surface area contributed by atoms with E-state index in [2.05, 4.69) is 31.2 Å². The molecule has 1 rings (SSSR count). The second-order valence-electron chi connectivity index (χ2n) is 4.32. The molecule has 0 aliphatic heterocycles. The van der Waals surface area contributed by atoms with Gasteiger partial charge in [0, 0.05) is 20.7 Å². The Balaban J connectivity index is 0.00000256. The minimum atomic E-state index is -0.453. The number of nitrogens with one attached hydrogen (secondary N) is 1. The largest absolute Gasteiger partial charge is 0.449 e. The summed E-state index contributed by atoms with van der Waals surface area (Å²) in [5.41, 5.74) is 0. The van der Waals surface area contributed by atoms with E-state index < -0.39 is 6.09 Å². The Kier molecular flexibility index (Phi) is 4.34. The van der Waals surface area contributed by atoms with Gasteiger partial charge in [-0.3, -0.25) is 10.00 Å². The van der Waals surface area contributed by atoms with Crippen molar-refractivity contribution in [3.8, 4) is 0 Å². The highest BCUT2D eigenvalue weighted by Gasteiger charge is 2.11. The Bertz CT molecular complexity index is 352. The standard InChI is InChI=1S/C11H19N3O2.H2/c1-8(2)9(3)7-16-11(15)12-10-5-6-14(4)13-10;/h5-6,8-9H,7H2,1-4H3,(H,12,13,15);1H/t9-;/m0./s1. The molecule has 5 heteroatoms. The molecule has 0 fully saturated rings. The number of aryl methyl sites for hydroxylation is 1. The lowest BCUT2D eigenvalue weighted by atomic mass is 10.00. The zero-order valence-electron chi connectivity index (χ0n) is 10.2. The van der Waals surface area contributed by atoms with Gasteiger partial charge < -0.3 is 4.74 Å². The molecule has 0 saturated heterocycles. The van der Waals surface area contributed by atoms with Gasteiger partial charge in [-0.15, -0.1) is 0 Å². The smallest absolute Gasteiger partial charge is 0.412 e. The summed E-state index contributed by atoms with van der Waals surface area (Å²) >= 11 is 0. The minimum Gasteiger partial charge on any atom is -0.449 e. The van der Waals surface area contributed by atoms with Gasteiger partial charge in [0.15, 0.2) is 5.82 Å². The second kappa shape index (κ2) is 5.53. The highest BCUT2D eigenvalue weighted by molar-refractivity contribution is 5.83. The molecule has 0 aliphatic rings. The van der Waals surface area contributed by atoms with E-state index >= 15 is 0 Å². The van der Waals surface area contributed by atoms with Crippen molar-refractivity contribution >= 4 is 11.9 Å². The molecule has 5 nitrogen and oxygen atoms in total. The Morgan fingerprint density at radius 2 is 2.31 bits per heavy atom. The molecule has 1 aromatic heterocycles. The Labute approximate surface area is 97.3 Å². The fraction of sp³-hybridized carbons (Fsp3) is 0.636. The first kappa shape index (κ1) is 12.5. The van der Waals surface area contributed by atoms with Gasteiger partial charge in [0.2, 0.25) is 0 Å². The molecule has 0 saturated carbocycles. The molecule has 1 aromatic rings. The molecule has 1 atom stereocenters. The van der Waals surface area contributed by atoms with E-state index in [1.807, 2.05) is 0 Å². The third-order valence-corrected chi connectivity index (χ3v) is 2.56. The Morgan fingerprint density at radius 1 is 1.62 bits per heavy atom. The van der Waals surface area contributed by atoms with E-state index in [4.69, 9.17) is 4.74 Å². The molecule has 1 heterocycles. The topological polar surface area (TPSA) is 56.1 Å². The van der Waals surface area contributed by atoms with Crippen molar-refractivity contribution in [1.29, 1.82) is 0 Å². The van der Waals surface area contributed by atoms with Crippen molar-refractivity contribution in [2.75, 3.05) is 11.9 Å². The van der Waals surface area contributed by atoms with Crippen LogP contribution in [0.15, 0.2) is 12.3 Å². The first-order chi connectivity index (χ1) is 7.49. The number of anilines is 1. The van der Waals surface area contributed by atoms with Gasteiger partial charge in [-0.2, -0.15) is 5.10 Å². The van der Waals surface area contributed by atoms with E-state index in [0.29, 0.717) is 24.3 Å². The lowest BCUT2D eigenvalue weighted by Gasteiger charge is -2.15. The van der Waals surface area contributed by atoms with Crippen LogP contribution in [0, 0.1) is 11.8 Å². The van der Waals surface area contributed by atoms with Crippen molar-refractivity contribution in [3.05, 3.63) is 12.3 Å². The predicted molar refractivity (Wildman–Crippen MR) is 64.3 cm³/mol. The number of hydrogen-bond acceptors (Lipinski definition) is 3. The van der Waals surface area contributed by atoms with Gasteiger partial charge in [0.1, 0.15) is 0 Å². The summed E-state index contributed by atoms with van der Waals surface area (Å²) < 4.78 is 6.70. The molecule has 0 unspecified atom stereocenters. The van der Waals surface area contributed by atoms with Crippen molar-refractivity contribution in [2.45, 2.75) is 20.8 Å². The molecule has 1 amide bonds. The number of ether oxygens (including phenoxy) is 1. The maximum absolute atomic E-state index is 11.4. The van der Waals surface area contributed by atoms with Gasteiger partial charge in [0.05, 0.1) is 6.61 Å². The summed E-state index contributed by atoms with van der Waals surface area (Å²) in [5.74, 6) is 1.36. The summed E-state index contributed by atoms with van der Waals surface area (Å²) in [5, 5.41) is 6.58. The SMILES string of the molecule is CC(C)[C@@H](C)COC(=O)Nc1ccn(C)n1.[HH].